The Morgan fingerprint density at radius 1 is 0.600 bits per heavy atom. The third kappa shape index (κ3) is 2.79. The summed E-state index contributed by atoms with van der Waals surface area (Å²) < 4.78 is 0. The van der Waals surface area contributed by atoms with Crippen molar-refractivity contribution < 1.29 is 0 Å². The van der Waals surface area contributed by atoms with Crippen LogP contribution < -0.4 is 11.5 Å². The van der Waals surface area contributed by atoms with Gasteiger partial charge in [-0.25, -0.2) is 0 Å². The highest BCUT2D eigenvalue weighted by molar-refractivity contribution is 5.62. The summed E-state index contributed by atoms with van der Waals surface area (Å²) in [7, 11) is 0. The van der Waals surface area contributed by atoms with Crippen molar-refractivity contribution in [3.8, 4) is 0 Å². The molecule has 4 N–H and O–H groups in total. The second-order valence-electron chi connectivity index (χ2n) is 6.78. The molecule has 110 valence electrons. The van der Waals surface area contributed by atoms with Gasteiger partial charge in [0.05, 0.1) is 0 Å². The average Bonchev–Trinajstić information content (AvgIpc) is 2.51. The van der Waals surface area contributed by atoms with Gasteiger partial charge >= 0.3 is 0 Å². The molecule has 2 saturated carbocycles. The fourth-order valence-corrected chi connectivity index (χ4v) is 4.20. The maximum Gasteiger partial charge on any atom is 0.0353 e. The van der Waals surface area contributed by atoms with Gasteiger partial charge in [0.25, 0.3) is 0 Å². The Labute approximate surface area is 122 Å². The number of nitrogen functional groups attached to an aromatic ring is 2. The molecule has 0 aromatic heterocycles. The summed E-state index contributed by atoms with van der Waals surface area (Å²) in [6, 6.07) is 4.41. The summed E-state index contributed by atoms with van der Waals surface area (Å²) in [6.07, 6.45) is 13.3. The van der Waals surface area contributed by atoms with Crippen molar-refractivity contribution in [2.24, 2.45) is 0 Å². The second-order valence-corrected chi connectivity index (χ2v) is 6.78. The van der Waals surface area contributed by atoms with E-state index in [1.54, 1.807) is 0 Å². The fraction of sp³-hybridized carbons (Fsp3) is 0.667. The molecule has 2 heteroatoms. The van der Waals surface area contributed by atoms with Crippen molar-refractivity contribution in [2.75, 3.05) is 11.5 Å². The maximum atomic E-state index is 6.37. The molecule has 0 bridgehead atoms. The van der Waals surface area contributed by atoms with E-state index in [0.717, 1.165) is 11.4 Å². The molecule has 1 aromatic carbocycles. The van der Waals surface area contributed by atoms with Gasteiger partial charge in [0.2, 0.25) is 0 Å². The van der Waals surface area contributed by atoms with Crippen molar-refractivity contribution in [3.63, 3.8) is 0 Å². The molecule has 0 aliphatic heterocycles. The minimum absolute atomic E-state index is 0.645. The van der Waals surface area contributed by atoms with Crippen LogP contribution in [0.15, 0.2) is 12.1 Å². The summed E-state index contributed by atoms with van der Waals surface area (Å²) >= 11 is 0. The normalized spacial score (nSPS) is 22.0. The van der Waals surface area contributed by atoms with Gasteiger partial charge in [-0.3, -0.25) is 0 Å². The molecule has 2 nitrogen and oxygen atoms in total. The molecule has 0 amide bonds. The molecule has 2 fully saturated rings. The Kier molecular flexibility index (Phi) is 4.18. The molecular weight excluding hydrogens is 244 g/mol. The van der Waals surface area contributed by atoms with Crippen molar-refractivity contribution in [2.45, 2.75) is 76.0 Å². The lowest BCUT2D eigenvalue weighted by atomic mass is 9.79. The highest BCUT2D eigenvalue weighted by Gasteiger charge is 2.22. The van der Waals surface area contributed by atoms with Crippen LogP contribution in [0.4, 0.5) is 11.4 Å². The van der Waals surface area contributed by atoms with Gasteiger partial charge in [0, 0.05) is 11.4 Å². The van der Waals surface area contributed by atoms with Crippen LogP contribution in [0, 0.1) is 0 Å². The minimum Gasteiger partial charge on any atom is -0.398 e. The smallest absolute Gasteiger partial charge is 0.0353 e. The minimum atomic E-state index is 0.645. The van der Waals surface area contributed by atoms with Crippen LogP contribution in [-0.2, 0) is 0 Å². The van der Waals surface area contributed by atoms with Crippen molar-refractivity contribution >= 4 is 11.4 Å². The first kappa shape index (κ1) is 13.8. The van der Waals surface area contributed by atoms with Crippen LogP contribution in [0.3, 0.4) is 0 Å². The molecule has 2 aliphatic carbocycles. The molecule has 0 radical (unpaired) electrons. The zero-order valence-electron chi connectivity index (χ0n) is 12.5. The van der Waals surface area contributed by atoms with E-state index in [0.29, 0.717) is 11.8 Å². The SMILES string of the molecule is Nc1cc(C2CCCCC2)c(N)cc1C1CCCCC1. The van der Waals surface area contributed by atoms with E-state index in [9.17, 15) is 0 Å². The third-order valence-electron chi connectivity index (χ3n) is 5.38. The molecule has 0 atom stereocenters. The Balaban J connectivity index is 1.85. The number of rotatable bonds is 2. The van der Waals surface area contributed by atoms with E-state index in [1.807, 2.05) is 0 Å². The lowest BCUT2D eigenvalue weighted by molar-refractivity contribution is 0.440. The first-order valence-electron chi connectivity index (χ1n) is 8.44. The fourth-order valence-electron chi connectivity index (χ4n) is 4.20. The lowest BCUT2D eigenvalue weighted by Gasteiger charge is -2.27. The number of benzene rings is 1. The summed E-state index contributed by atoms with van der Waals surface area (Å²) in [4.78, 5) is 0. The van der Waals surface area contributed by atoms with Crippen LogP contribution >= 0.6 is 0 Å². The Bertz CT molecular complexity index is 411. The van der Waals surface area contributed by atoms with E-state index in [2.05, 4.69) is 12.1 Å². The summed E-state index contributed by atoms with van der Waals surface area (Å²) in [6.45, 7) is 0. The molecule has 0 heterocycles. The Hall–Kier alpha value is -1.18. The first-order chi connectivity index (χ1) is 9.75. The number of anilines is 2. The van der Waals surface area contributed by atoms with Crippen LogP contribution in [0.25, 0.3) is 0 Å². The molecule has 1 aromatic rings. The van der Waals surface area contributed by atoms with Crippen molar-refractivity contribution in [1.29, 1.82) is 0 Å². The van der Waals surface area contributed by atoms with E-state index in [-0.39, 0.29) is 0 Å². The van der Waals surface area contributed by atoms with E-state index in [4.69, 9.17) is 11.5 Å². The lowest BCUT2D eigenvalue weighted by Crippen LogP contribution is -2.12. The average molecular weight is 272 g/mol. The molecule has 0 unspecified atom stereocenters. The largest absolute Gasteiger partial charge is 0.398 e. The molecule has 0 spiro atoms. The van der Waals surface area contributed by atoms with Gasteiger partial charge in [0.15, 0.2) is 0 Å². The van der Waals surface area contributed by atoms with E-state index >= 15 is 0 Å². The zero-order chi connectivity index (χ0) is 13.9. The molecule has 0 saturated heterocycles. The maximum absolute atomic E-state index is 6.37. The van der Waals surface area contributed by atoms with E-state index in [1.165, 1.54) is 75.3 Å². The molecule has 20 heavy (non-hydrogen) atoms. The summed E-state index contributed by atoms with van der Waals surface area (Å²) in [5, 5.41) is 0. The predicted octanol–water partition coefficient (Wildman–Crippen LogP) is 4.95. The standard InChI is InChI=1S/C18H28N2/c19-17-12-16(14-9-5-2-6-10-14)18(20)11-15(17)13-7-3-1-4-8-13/h11-14H,1-10,19-20H2. The monoisotopic (exact) mass is 272 g/mol. The quantitative estimate of drug-likeness (QED) is 0.749. The molecular formula is C18H28N2. The Morgan fingerprint density at radius 2 is 0.950 bits per heavy atom. The van der Waals surface area contributed by atoms with Crippen LogP contribution in [0.1, 0.15) is 87.2 Å². The van der Waals surface area contributed by atoms with Gasteiger partial charge in [-0.2, -0.15) is 0 Å². The van der Waals surface area contributed by atoms with Gasteiger partial charge in [-0.1, -0.05) is 38.5 Å². The zero-order valence-corrected chi connectivity index (χ0v) is 12.5. The van der Waals surface area contributed by atoms with Crippen molar-refractivity contribution in [3.05, 3.63) is 23.3 Å². The summed E-state index contributed by atoms with van der Waals surface area (Å²) in [5.74, 6) is 1.29. The second kappa shape index (κ2) is 6.07. The van der Waals surface area contributed by atoms with E-state index < -0.39 is 0 Å². The predicted molar refractivity (Wildman–Crippen MR) is 86.9 cm³/mol. The Morgan fingerprint density at radius 3 is 1.30 bits per heavy atom. The van der Waals surface area contributed by atoms with Gasteiger partial charge in [-0.15, -0.1) is 0 Å². The first-order valence-corrected chi connectivity index (χ1v) is 8.44. The van der Waals surface area contributed by atoms with Crippen LogP contribution in [-0.4, -0.2) is 0 Å². The van der Waals surface area contributed by atoms with Gasteiger partial charge in [-0.05, 0) is 60.8 Å². The van der Waals surface area contributed by atoms with Crippen LogP contribution in [0.5, 0.6) is 0 Å². The number of hydrogen-bond acceptors (Lipinski definition) is 2. The third-order valence-corrected chi connectivity index (χ3v) is 5.38. The highest BCUT2D eigenvalue weighted by atomic mass is 14.6. The van der Waals surface area contributed by atoms with Gasteiger partial charge < -0.3 is 11.5 Å². The number of hydrogen-bond donors (Lipinski definition) is 2. The summed E-state index contributed by atoms with van der Waals surface area (Å²) in [5.41, 5.74) is 17.4. The molecule has 3 rings (SSSR count). The van der Waals surface area contributed by atoms with Gasteiger partial charge in [0.1, 0.15) is 0 Å². The van der Waals surface area contributed by atoms with Crippen LogP contribution in [0.2, 0.25) is 0 Å². The van der Waals surface area contributed by atoms with Crippen molar-refractivity contribution in [1.82, 2.24) is 0 Å². The molecule has 2 aliphatic rings. The highest BCUT2D eigenvalue weighted by Crippen LogP contribution is 2.41. The number of nitrogens with two attached hydrogens (primary N) is 2. The topological polar surface area (TPSA) is 52.0 Å².